The molecular formula is C34H35ClN2O6S2. The second-order valence-corrected chi connectivity index (χ2v) is 13.0. The van der Waals surface area contributed by atoms with Crippen molar-refractivity contribution >= 4 is 57.9 Å². The topological polar surface area (TPSA) is 88.5 Å². The molecule has 8 nitrogen and oxygen atoms in total. The van der Waals surface area contributed by atoms with Crippen molar-refractivity contribution in [2.45, 2.75) is 26.4 Å². The molecule has 236 valence electrons. The van der Waals surface area contributed by atoms with Gasteiger partial charge in [0.2, 0.25) is 0 Å². The van der Waals surface area contributed by atoms with Crippen molar-refractivity contribution in [3.63, 3.8) is 0 Å². The van der Waals surface area contributed by atoms with Crippen molar-refractivity contribution in [3.8, 4) is 22.6 Å². The van der Waals surface area contributed by atoms with Crippen LogP contribution >= 0.6 is 35.6 Å². The second kappa shape index (κ2) is 15.2. The van der Waals surface area contributed by atoms with Crippen LogP contribution in [-0.4, -0.2) is 83.2 Å². The van der Waals surface area contributed by atoms with E-state index in [0.29, 0.717) is 45.3 Å². The third-order valence-electron chi connectivity index (χ3n) is 7.39. The normalized spacial score (nSPS) is 16.5. The molecule has 3 aromatic carbocycles. The van der Waals surface area contributed by atoms with Gasteiger partial charge in [-0.25, -0.2) is 4.79 Å². The average Bonchev–Trinajstić information content (AvgIpc) is 3.28. The first-order chi connectivity index (χ1) is 21.7. The fourth-order valence-electron chi connectivity index (χ4n) is 5.03. The van der Waals surface area contributed by atoms with Crippen LogP contribution in [0.5, 0.6) is 11.5 Å². The Kier molecular flexibility index (Phi) is 11.2. The lowest BCUT2D eigenvalue weighted by molar-refractivity contribution is -0.122. The number of thioether (sulfide) groups is 1. The molecule has 0 aromatic heterocycles. The van der Waals surface area contributed by atoms with Gasteiger partial charge in [0.15, 0.2) is 0 Å². The number of hydrogen-bond donors (Lipinski definition) is 1. The molecule has 0 radical (unpaired) electrons. The summed E-state index contributed by atoms with van der Waals surface area (Å²) in [6.07, 6.45) is 2.40. The molecule has 2 aliphatic heterocycles. The first-order valence-corrected chi connectivity index (χ1v) is 16.4. The summed E-state index contributed by atoms with van der Waals surface area (Å²) in [5.41, 5.74) is 3.60. The number of carbonyl (C=O) groups is 2. The number of hydrogen-bond acceptors (Lipinski definition) is 8. The smallest absolute Gasteiger partial charge is 0.335 e. The summed E-state index contributed by atoms with van der Waals surface area (Å²) in [7, 11) is 0. The van der Waals surface area contributed by atoms with Crippen LogP contribution in [0.25, 0.3) is 17.2 Å². The monoisotopic (exact) mass is 666 g/mol. The fraction of sp³-hybridized carbons (Fsp3) is 0.324. The fourth-order valence-corrected chi connectivity index (χ4v) is 6.61. The number of carbonyl (C=O) groups excluding carboxylic acids is 1. The highest BCUT2D eigenvalue weighted by Crippen LogP contribution is 2.38. The number of thiocarbonyl (C=S) groups is 1. The van der Waals surface area contributed by atoms with Gasteiger partial charge in [-0.3, -0.25) is 14.6 Å². The Labute approximate surface area is 277 Å². The molecule has 0 saturated carbocycles. The van der Waals surface area contributed by atoms with Gasteiger partial charge in [-0.2, -0.15) is 0 Å². The Hall–Kier alpha value is -3.41. The maximum Gasteiger partial charge on any atom is 0.335 e. The van der Waals surface area contributed by atoms with Gasteiger partial charge in [0, 0.05) is 37.3 Å². The molecular weight excluding hydrogens is 632 g/mol. The van der Waals surface area contributed by atoms with Crippen molar-refractivity contribution < 1.29 is 28.9 Å². The Balaban J connectivity index is 1.37. The molecule has 3 aromatic rings. The third kappa shape index (κ3) is 8.65. The molecule has 2 heterocycles. The van der Waals surface area contributed by atoms with Gasteiger partial charge < -0.3 is 19.3 Å². The number of ether oxygens (including phenoxy) is 3. The van der Waals surface area contributed by atoms with Crippen LogP contribution in [-0.2, 0) is 16.0 Å². The highest BCUT2D eigenvalue weighted by Gasteiger charge is 2.32. The highest BCUT2D eigenvalue weighted by molar-refractivity contribution is 8.26. The van der Waals surface area contributed by atoms with E-state index in [2.05, 4.69) is 4.90 Å². The number of benzene rings is 3. The van der Waals surface area contributed by atoms with E-state index in [4.69, 9.17) is 43.1 Å². The number of amides is 1. The standard InChI is InChI=1S/C34H35ClN2O6S2/c1-22(2)43-27-8-9-28(29(35)21-27)25-7-10-30(42-18-15-36-13-16-41-17-14-36)26(19-25)20-31-32(38)37(34(44)45-31)12-11-23-3-5-24(6-4-23)33(39)40/h3-10,19-22H,11-18H2,1-2H3,(H,39,40). The van der Waals surface area contributed by atoms with Gasteiger partial charge in [-0.05, 0) is 79.9 Å². The van der Waals surface area contributed by atoms with E-state index in [0.717, 1.165) is 55.1 Å². The molecule has 1 N–H and O–H groups in total. The van der Waals surface area contributed by atoms with Gasteiger partial charge in [0.05, 0.1) is 34.8 Å². The minimum Gasteiger partial charge on any atom is -0.492 e. The van der Waals surface area contributed by atoms with E-state index in [1.807, 2.05) is 56.3 Å². The molecule has 45 heavy (non-hydrogen) atoms. The lowest BCUT2D eigenvalue weighted by atomic mass is 10.0. The van der Waals surface area contributed by atoms with E-state index >= 15 is 0 Å². The summed E-state index contributed by atoms with van der Waals surface area (Å²) >= 11 is 13.5. The van der Waals surface area contributed by atoms with Gasteiger partial charge in [0.25, 0.3) is 5.91 Å². The van der Waals surface area contributed by atoms with Crippen LogP contribution in [0.15, 0.2) is 65.6 Å². The third-order valence-corrected chi connectivity index (χ3v) is 9.08. The highest BCUT2D eigenvalue weighted by atomic mass is 35.5. The van der Waals surface area contributed by atoms with E-state index in [1.54, 1.807) is 29.2 Å². The number of carboxylic acids is 1. The van der Waals surface area contributed by atoms with Crippen molar-refractivity contribution in [3.05, 3.63) is 87.3 Å². The SMILES string of the molecule is CC(C)Oc1ccc(-c2ccc(OCCN3CCOCC3)c(C=C3SC(=S)N(CCc4ccc(C(=O)O)cc4)C3=O)c2)c(Cl)c1. The van der Waals surface area contributed by atoms with Gasteiger partial charge in [-0.15, -0.1) is 0 Å². The summed E-state index contributed by atoms with van der Waals surface area (Å²) in [6, 6.07) is 18.1. The zero-order chi connectivity index (χ0) is 31.9. The van der Waals surface area contributed by atoms with E-state index in [9.17, 15) is 9.59 Å². The molecule has 0 aliphatic carbocycles. The van der Waals surface area contributed by atoms with Crippen LogP contribution in [0.4, 0.5) is 0 Å². The summed E-state index contributed by atoms with van der Waals surface area (Å²) in [5.74, 6) is 0.205. The minimum absolute atomic E-state index is 0.0311. The zero-order valence-electron chi connectivity index (χ0n) is 25.2. The minimum atomic E-state index is -0.975. The van der Waals surface area contributed by atoms with Crippen LogP contribution in [0.3, 0.4) is 0 Å². The molecule has 2 fully saturated rings. The quantitative estimate of drug-likeness (QED) is 0.169. The largest absolute Gasteiger partial charge is 0.492 e. The van der Waals surface area contributed by atoms with Crippen LogP contribution in [0.2, 0.25) is 5.02 Å². The van der Waals surface area contributed by atoms with E-state index < -0.39 is 5.97 Å². The van der Waals surface area contributed by atoms with Crippen molar-refractivity contribution in [1.82, 2.24) is 9.80 Å². The van der Waals surface area contributed by atoms with Crippen molar-refractivity contribution in [2.75, 3.05) is 46.0 Å². The lowest BCUT2D eigenvalue weighted by Gasteiger charge is -2.26. The maximum atomic E-state index is 13.5. The first-order valence-electron chi connectivity index (χ1n) is 14.8. The first kappa shape index (κ1) is 33.0. The molecule has 1 amide bonds. The molecule has 2 aliphatic rings. The molecule has 0 unspecified atom stereocenters. The molecule has 0 bridgehead atoms. The van der Waals surface area contributed by atoms with Crippen LogP contribution in [0, 0.1) is 0 Å². The van der Waals surface area contributed by atoms with Crippen LogP contribution < -0.4 is 9.47 Å². The summed E-state index contributed by atoms with van der Waals surface area (Å²) in [4.78, 5) is 29.1. The van der Waals surface area contributed by atoms with Gasteiger partial charge in [0.1, 0.15) is 22.4 Å². The number of carboxylic acid groups (broad SMARTS) is 1. The van der Waals surface area contributed by atoms with Gasteiger partial charge >= 0.3 is 5.97 Å². The van der Waals surface area contributed by atoms with E-state index in [1.165, 1.54) is 11.8 Å². The maximum absolute atomic E-state index is 13.5. The Morgan fingerprint density at radius 2 is 1.84 bits per heavy atom. The zero-order valence-corrected chi connectivity index (χ0v) is 27.6. The van der Waals surface area contributed by atoms with Gasteiger partial charge in [-0.1, -0.05) is 53.8 Å². The molecule has 0 atom stereocenters. The number of rotatable bonds is 12. The summed E-state index contributed by atoms with van der Waals surface area (Å²) in [5, 5.41) is 9.71. The predicted molar refractivity (Wildman–Crippen MR) is 182 cm³/mol. The summed E-state index contributed by atoms with van der Waals surface area (Å²) in [6.45, 7) is 8.76. The molecule has 2 saturated heterocycles. The van der Waals surface area contributed by atoms with Crippen molar-refractivity contribution in [2.24, 2.45) is 0 Å². The second-order valence-electron chi connectivity index (χ2n) is 10.9. The molecule has 0 spiro atoms. The predicted octanol–water partition coefficient (Wildman–Crippen LogP) is 6.65. The van der Waals surface area contributed by atoms with E-state index in [-0.39, 0.29) is 17.6 Å². The number of nitrogens with zero attached hydrogens (tertiary/aromatic N) is 2. The molecule has 5 rings (SSSR count). The summed E-state index contributed by atoms with van der Waals surface area (Å²) < 4.78 is 18.0. The Morgan fingerprint density at radius 3 is 2.53 bits per heavy atom. The Bertz CT molecular complexity index is 1590. The van der Waals surface area contributed by atoms with Crippen LogP contribution in [0.1, 0.15) is 35.3 Å². The number of morpholine rings is 1. The lowest BCUT2D eigenvalue weighted by Crippen LogP contribution is -2.38. The number of aromatic carboxylic acids is 1. The number of halogens is 1. The van der Waals surface area contributed by atoms with Crippen molar-refractivity contribution in [1.29, 1.82) is 0 Å². The Morgan fingerprint density at radius 1 is 1.09 bits per heavy atom. The molecule has 11 heteroatoms. The average molecular weight is 667 g/mol.